The van der Waals surface area contributed by atoms with Gasteiger partial charge in [0.1, 0.15) is 5.69 Å². The highest BCUT2D eigenvalue weighted by molar-refractivity contribution is 5.76. The Labute approximate surface area is 138 Å². The number of fused-ring (bicyclic) bond motifs is 1. The van der Waals surface area contributed by atoms with Gasteiger partial charge in [-0.05, 0) is 0 Å². The Bertz CT molecular complexity index is 1010. The molecule has 0 bridgehead atoms. The van der Waals surface area contributed by atoms with Crippen molar-refractivity contribution in [1.82, 2.24) is 24.3 Å². The Morgan fingerprint density at radius 2 is 1.88 bits per heavy atom. The Morgan fingerprint density at radius 3 is 2.67 bits per heavy atom. The second kappa shape index (κ2) is 5.62. The first-order valence-corrected chi connectivity index (χ1v) is 7.46. The summed E-state index contributed by atoms with van der Waals surface area (Å²) < 4.78 is 1.91. The van der Waals surface area contributed by atoms with E-state index in [0.29, 0.717) is 28.7 Å². The molecule has 3 aromatic heterocycles. The van der Waals surface area contributed by atoms with Crippen LogP contribution in [0.2, 0.25) is 0 Å². The van der Waals surface area contributed by atoms with Gasteiger partial charge < -0.3 is 11.1 Å². The number of hydrogen-bond donors (Lipinski definition) is 2. The molecule has 0 unspecified atom stereocenters. The molecule has 0 aliphatic carbocycles. The molecule has 3 N–H and O–H groups in total. The minimum absolute atomic E-state index is 0.499. The van der Waals surface area contributed by atoms with E-state index in [2.05, 4.69) is 25.3 Å². The van der Waals surface area contributed by atoms with E-state index < -0.39 is 0 Å². The summed E-state index contributed by atoms with van der Waals surface area (Å²) in [4.78, 5) is 17.7. The summed E-state index contributed by atoms with van der Waals surface area (Å²) in [6, 6.07) is 9.79. The van der Waals surface area contributed by atoms with E-state index in [1.807, 2.05) is 48.0 Å². The van der Waals surface area contributed by atoms with Gasteiger partial charge in [0.05, 0.1) is 23.8 Å². The molecule has 3 heterocycles. The molecule has 0 aliphatic heterocycles. The van der Waals surface area contributed by atoms with E-state index >= 15 is 0 Å². The number of aromatic nitrogens is 5. The standard InChI is InChI=1S/C17H15N7/c1-19-16-17-22-10-13(24(17)8-7-20-16)14-12(18)9-21-15(23-14)11-5-3-2-4-6-11/h2-10H,18H2,1H3,(H,19,20). The Balaban J connectivity index is 1.91. The monoisotopic (exact) mass is 317 g/mol. The normalized spacial score (nSPS) is 10.9. The SMILES string of the molecule is CNc1nccn2c(-c3nc(-c4ccccc4)ncc3N)cnc12. The number of nitrogens with two attached hydrogens (primary N) is 1. The summed E-state index contributed by atoms with van der Waals surface area (Å²) in [5, 5.41) is 3.03. The zero-order valence-corrected chi connectivity index (χ0v) is 13.0. The molecular weight excluding hydrogens is 302 g/mol. The van der Waals surface area contributed by atoms with Crippen LogP contribution in [0.15, 0.2) is 55.1 Å². The van der Waals surface area contributed by atoms with Crippen LogP contribution in [0.5, 0.6) is 0 Å². The molecule has 7 nitrogen and oxygen atoms in total. The third-order valence-corrected chi connectivity index (χ3v) is 3.76. The Hall–Kier alpha value is -3.48. The first kappa shape index (κ1) is 14.1. The van der Waals surface area contributed by atoms with Gasteiger partial charge in [0.25, 0.3) is 0 Å². The molecule has 0 atom stereocenters. The van der Waals surface area contributed by atoms with Gasteiger partial charge in [-0.1, -0.05) is 30.3 Å². The molecule has 0 aliphatic rings. The lowest BCUT2D eigenvalue weighted by atomic mass is 10.2. The van der Waals surface area contributed by atoms with E-state index in [9.17, 15) is 0 Å². The molecule has 118 valence electrons. The number of benzene rings is 1. The van der Waals surface area contributed by atoms with Crippen LogP contribution in [0.1, 0.15) is 0 Å². The minimum Gasteiger partial charge on any atom is -0.396 e. The lowest BCUT2D eigenvalue weighted by Crippen LogP contribution is -2.01. The minimum atomic E-state index is 0.499. The fourth-order valence-electron chi connectivity index (χ4n) is 2.59. The van der Waals surface area contributed by atoms with Gasteiger partial charge in [-0.15, -0.1) is 0 Å². The van der Waals surface area contributed by atoms with Crippen LogP contribution in [0.25, 0.3) is 28.4 Å². The van der Waals surface area contributed by atoms with E-state index in [1.165, 1.54) is 0 Å². The fourth-order valence-corrected chi connectivity index (χ4v) is 2.59. The molecular formula is C17H15N7. The lowest BCUT2D eigenvalue weighted by Gasteiger charge is -2.08. The van der Waals surface area contributed by atoms with Crippen LogP contribution >= 0.6 is 0 Å². The molecule has 0 saturated heterocycles. The van der Waals surface area contributed by atoms with Crippen molar-refractivity contribution in [3.05, 3.63) is 55.1 Å². The lowest BCUT2D eigenvalue weighted by molar-refractivity contribution is 1.10. The van der Waals surface area contributed by atoms with Gasteiger partial charge in [0, 0.05) is 25.0 Å². The smallest absolute Gasteiger partial charge is 0.180 e. The van der Waals surface area contributed by atoms with E-state index in [4.69, 9.17) is 5.73 Å². The number of nitrogens with one attached hydrogen (secondary N) is 1. The van der Waals surface area contributed by atoms with Crippen molar-refractivity contribution >= 4 is 17.2 Å². The average molecular weight is 317 g/mol. The van der Waals surface area contributed by atoms with Crippen molar-refractivity contribution in [3.63, 3.8) is 0 Å². The van der Waals surface area contributed by atoms with E-state index in [1.54, 1.807) is 18.6 Å². The summed E-state index contributed by atoms with van der Waals surface area (Å²) in [5.74, 6) is 1.32. The number of nitrogen functional groups attached to an aromatic ring is 1. The molecule has 4 rings (SSSR count). The molecule has 0 amide bonds. The van der Waals surface area contributed by atoms with Crippen LogP contribution < -0.4 is 11.1 Å². The van der Waals surface area contributed by atoms with Crippen molar-refractivity contribution in [3.8, 4) is 22.8 Å². The van der Waals surface area contributed by atoms with Crippen LogP contribution in [-0.2, 0) is 0 Å². The van der Waals surface area contributed by atoms with Crippen LogP contribution in [-0.4, -0.2) is 31.4 Å². The quantitative estimate of drug-likeness (QED) is 0.603. The van der Waals surface area contributed by atoms with Gasteiger partial charge in [0.15, 0.2) is 17.3 Å². The second-order valence-corrected chi connectivity index (χ2v) is 5.23. The van der Waals surface area contributed by atoms with Crippen LogP contribution in [0, 0.1) is 0 Å². The average Bonchev–Trinajstić information content (AvgIpc) is 3.07. The summed E-state index contributed by atoms with van der Waals surface area (Å²) >= 11 is 0. The van der Waals surface area contributed by atoms with E-state index in [0.717, 1.165) is 11.3 Å². The highest BCUT2D eigenvalue weighted by Crippen LogP contribution is 2.27. The van der Waals surface area contributed by atoms with Crippen LogP contribution in [0.3, 0.4) is 0 Å². The molecule has 4 aromatic rings. The Kier molecular flexibility index (Phi) is 3.31. The summed E-state index contributed by atoms with van der Waals surface area (Å²) in [6.45, 7) is 0. The number of imidazole rings is 1. The molecule has 24 heavy (non-hydrogen) atoms. The molecule has 0 spiro atoms. The molecule has 0 radical (unpaired) electrons. The topological polar surface area (TPSA) is 94.0 Å². The Morgan fingerprint density at radius 1 is 1.04 bits per heavy atom. The predicted octanol–water partition coefficient (Wildman–Crippen LogP) is 2.48. The molecule has 0 fully saturated rings. The number of rotatable bonds is 3. The van der Waals surface area contributed by atoms with Crippen molar-refractivity contribution in [2.45, 2.75) is 0 Å². The van der Waals surface area contributed by atoms with Gasteiger partial charge in [-0.2, -0.15) is 0 Å². The third kappa shape index (κ3) is 2.23. The molecule has 0 saturated carbocycles. The first-order chi connectivity index (χ1) is 11.8. The zero-order valence-electron chi connectivity index (χ0n) is 13.0. The number of anilines is 2. The van der Waals surface area contributed by atoms with Crippen LogP contribution in [0.4, 0.5) is 11.5 Å². The highest BCUT2D eigenvalue weighted by Gasteiger charge is 2.15. The largest absolute Gasteiger partial charge is 0.396 e. The molecule has 1 aromatic carbocycles. The van der Waals surface area contributed by atoms with Crippen molar-refractivity contribution in [1.29, 1.82) is 0 Å². The summed E-state index contributed by atoms with van der Waals surface area (Å²) in [6.07, 6.45) is 6.91. The maximum absolute atomic E-state index is 6.12. The highest BCUT2D eigenvalue weighted by atomic mass is 15.1. The van der Waals surface area contributed by atoms with Crippen molar-refractivity contribution < 1.29 is 0 Å². The van der Waals surface area contributed by atoms with Crippen molar-refractivity contribution in [2.75, 3.05) is 18.1 Å². The maximum atomic E-state index is 6.12. The zero-order chi connectivity index (χ0) is 16.5. The summed E-state index contributed by atoms with van der Waals surface area (Å²) in [7, 11) is 1.81. The maximum Gasteiger partial charge on any atom is 0.180 e. The van der Waals surface area contributed by atoms with E-state index in [-0.39, 0.29) is 0 Å². The summed E-state index contributed by atoms with van der Waals surface area (Å²) in [5.41, 5.74) is 9.71. The second-order valence-electron chi connectivity index (χ2n) is 5.23. The predicted molar refractivity (Wildman–Crippen MR) is 93.4 cm³/mol. The first-order valence-electron chi connectivity index (χ1n) is 7.46. The molecule has 7 heteroatoms. The van der Waals surface area contributed by atoms with Gasteiger partial charge in [0.2, 0.25) is 0 Å². The van der Waals surface area contributed by atoms with Gasteiger partial charge >= 0.3 is 0 Å². The van der Waals surface area contributed by atoms with Gasteiger partial charge in [-0.25, -0.2) is 19.9 Å². The number of hydrogen-bond acceptors (Lipinski definition) is 6. The fraction of sp³-hybridized carbons (Fsp3) is 0.0588. The number of nitrogens with zero attached hydrogens (tertiary/aromatic N) is 5. The van der Waals surface area contributed by atoms with Gasteiger partial charge in [-0.3, -0.25) is 4.40 Å². The van der Waals surface area contributed by atoms with Crippen molar-refractivity contribution in [2.24, 2.45) is 0 Å². The third-order valence-electron chi connectivity index (χ3n) is 3.76.